The van der Waals surface area contributed by atoms with Crippen LogP contribution < -0.4 is 0 Å². The van der Waals surface area contributed by atoms with Gasteiger partial charge in [-0.3, -0.25) is 14.6 Å². The third-order valence-electron chi connectivity index (χ3n) is 5.49. The molecule has 2 aliphatic heterocycles. The van der Waals surface area contributed by atoms with Gasteiger partial charge >= 0.3 is 5.97 Å². The Hall–Kier alpha value is -2.17. The number of piperidine rings is 1. The molecule has 3 rings (SSSR count). The fraction of sp³-hybridized carbons (Fsp3) is 0.550. The Labute approximate surface area is 148 Å². The third kappa shape index (κ3) is 4.09. The molecule has 1 amide bonds. The third-order valence-corrected chi connectivity index (χ3v) is 5.49. The van der Waals surface area contributed by atoms with Gasteiger partial charge in [-0.25, -0.2) is 0 Å². The van der Waals surface area contributed by atoms with Crippen LogP contribution in [0, 0.1) is 18.8 Å². The summed E-state index contributed by atoms with van der Waals surface area (Å²) in [5.74, 6) is -0.432. The predicted octanol–water partition coefficient (Wildman–Crippen LogP) is 2.69. The predicted molar refractivity (Wildman–Crippen MR) is 97.0 cm³/mol. The van der Waals surface area contributed by atoms with Gasteiger partial charge in [-0.1, -0.05) is 17.7 Å². The molecule has 1 saturated heterocycles. The molecule has 5 nitrogen and oxygen atoms in total. The molecule has 0 saturated carbocycles. The van der Waals surface area contributed by atoms with E-state index in [1.807, 2.05) is 4.90 Å². The summed E-state index contributed by atoms with van der Waals surface area (Å²) in [5, 5.41) is 9.25. The molecular formula is C20H26N2O3. The van der Waals surface area contributed by atoms with E-state index in [2.05, 4.69) is 25.1 Å². The Morgan fingerprint density at radius 2 is 2.12 bits per heavy atom. The van der Waals surface area contributed by atoms with E-state index in [4.69, 9.17) is 4.99 Å². The van der Waals surface area contributed by atoms with Crippen LogP contribution in [-0.2, 0) is 16.0 Å². The molecule has 1 fully saturated rings. The summed E-state index contributed by atoms with van der Waals surface area (Å²) in [6.07, 6.45) is 2.63. The number of carboxylic acid groups (broad SMARTS) is 1. The molecule has 2 aliphatic rings. The number of nitrogens with zero attached hydrogens (tertiary/aromatic N) is 2. The molecule has 1 aromatic carbocycles. The summed E-state index contributed by atoms with van der Waals surface area (Å²) in [6.45, 7) is 5.75. The zero-order valence-corrected chi connectivity index (χ0v) is 15.0. The summed E-state index contributed by atoms with van der Waals surface area (Å²) in [7, 11) is 0. The summed E-state index contributed by atoms with van der Waals surface area (Å²) < 4.78 is 0. The highest BCUT2D eigenvalue weighted by Gasteiger charge is 2.33. The maximum Gasteiger partial charge on any atom is 0.303 e. The Morgan fingerprint density at radius 1 is 1.32 bits per heavy atom. The minimum atomic E-state index is -0.756. The van der Waals surface area contributed by atoms with Crippen molar-refractivity contribution in [2.75, 3.05) is 19.6 Å². The second-order valence-electron chi connectivity index (χ2n) is 7.31. The number of rotatable bonds is 4. The van der Waals surface area contributed by atoms with Gasteiger partial charge in [-0.2, -0.15) is 0 Å². The number of amides is 1. The van der Waals surface area contributed by atoms with Crippen molar-refractivity contribution in [1.82, 2.24) is 4.90 Å². The second kappa shape index (κ2) is 7.38. The highest BCUT2D eigenvalue weighted by Crippen LogP contribution is 2.32. The summed E-state index contributed by atoms with van der Waals surface area (Å²) in [6, 6.07) is 6.50. The van der Waals surface area contributed by atoms with Crippen LogP contribution in [0.1, 0.15) is 42.9 Å². The number of carbonyl (C=O) groups is 2. The SMILES string of the molecule is CC(=O)N1CC[C@@H](CC(=O)O)[C@@H](CC2=NCCc3ccc(C)cc32)C1. The van der Waals surface area contributed by atoms with Crippen LogP contribution in [0.4, 0.5) is 0 Å². The average molecular weight is 342 g/mol. The Balaban J connectivity index is 1.82. The minimum absolute atomic E-state index is 0.0700. The lowest BCUT2D eigenvalue weighted by Gasteiger charge is -2.38. The summed E-state index contributed by atoms with van der Waals surface area (Å²) >= 11 is 0. The van der Waals surface area contributed by atoms with Gasteiger partial charge in [-0.05, 0) is 55.2 Å². The maximum absolute atomic E-state index is 11.8. The van der Waals surface area contributed by atoms with E-state index in [-0.39, 0.29) is 24.2 Å². The average Bonchev–Trinajstić information content (AvgIpc) is 2.56. The van der Waals surface area contributed by atoms with Gasteiger partial charge < -0.3 is 10.0 Å². The molecule has 134 valence electrons. The van der Waals surface area contributed by atoms with E-state index in [0.717, 1.165) is 31.5 Å². The van der Waals surface area contributed by atoms with Crippen LogP contribution >= 0.6 is 0 Å². The number of hydrogen-bond acceptors (Lipinski definition) is 3. The first-order valence-electron chi connectivity index (χ1n) is 9.04. The number of likely N-dealkylation sites (tertiary alicyclic amines) is 1. The lowest BCUT2D eigenvalue weighted by Crippen LogP contribution is -2.44. The number of carboxylic acids is 1. The van der Waals surface area contributed by atoms with E-state index >= 15 is 0 Å². The molecule has 0 radical (unpaired) electrons. The van der Waals surface area contributed by atoms with Crippen molar-refractivity contribution in [3.8, 4) is 0 Å². The van der Waals surface area contributed by atoms with Gasteiger partial charge in [0.2, 0.25) is 5.91 Å². The maximum atomic E-state index is 11.8. The van der Waals surface area contributed by atoms with Gasteiger partial charge in [0.1, 0.15) is 0 Å². The number of aryl methyl sites for hydroxylation is 1. The molecule has 1 aromatic rings. The second-order valence-corrected chi connectivity index (χ2v) is 7.31. The van der Waals surface area contributed by atoms with E-state index in [1.165, 1.54) is 16.7 Å². The highest BCUT2D eigenvalue weighted by molar-refractivity contribution is 6.03. The Kier molecular flexibility index (Phi) is 5.21. The Morgan fingerprint density at radius 3 is 2.84 bits per heavy atom. The van der Waals surface area contributed by atoms with E-state index < -0.39 is 5.97 Å². The number of aliphatic carboxylic acids is 1. The quantitative estimate of drug-likeness (QED) is 0.914. The van der Waals surface area contributed by atoms with Crippen molar-refractivity contribution in [3.05, 3.63) is 34.9 Å². The van der Waals surface area contributed by atoms with Crippen LogP contribution in [0.15, 0.2) is 23.2 Å². The van der Waals surface area contributed by atoms with Gasteiger partial charge in [0.15, 0.2) is 0 Å². The minimum Gasteiger partial charge on any atom is -0.481 e. The molecule has 0 aliphatic carbocycles. The zero-order valence-electron chi connectivity index (χ0n) is 15.0. The van der Waals surface area contributed by atoms with Crippen molar-refractivity contribution < 1.29 is 14.7 Å². The largest absolute Gasteiger partial charge is 0.481 e. The van der Waals surface area contributed by atoms with Crippen LogP contribution in [0.5, 0.6) is 0 Å². The zero-order chi connectivity index (χ0) is 18.0. The normalized spacial score (nSPS) is 23.0. The summed E-state index contributed by atoms with van der Waals surface area (Å²) in [5.41, 5.74) is 4.82. The first kappa shape index (κ1) is 17.6. The van der Waals surface area contributed by atoms with Gasteiger partial charge in [0.05, 0.1) is 0 Å². The molecular weight excluding hydrogens is 316 g/mol. The summed E-state index contributed by atoms with van der Waals surface area (Å²) in [4.78, 5) is 29.6. The molecule has 2 heterocycles. The van der Waals surface area contributed by atoms with Crippen LogP contribution in [-0.4, -0.2) is 47.2 Å². The fourth-order valence-electron chi connectivity index (χ4n) is 4.09. The first-order valence-corrected chi connectivity index (χ1v) is 9.04. The molecule has 0 aromatic heterocycles. The first-order chi connectivity index (χ1) is 11.9. The van der Waals surface area contributed by atoms with Crippen LogP contribution in [0.3, 0.4) is 0 Å². The van der Waals surface area contributed by atoms with E-state index in [1.54, 1.807) is 6.92 Å². The highest BCUT2D eigenvalue weighted by atomic mass is 16.4. The van der Waals surface area contributed by atoms with Crippen molar-refractivity contribution in [3.63, 3.8) is 0 Å². The molecule has 1 N–H and O–H groups in total. The van der Waals surface area contributed by atoms with Gasteiger partial charge in [0.25, 0.3) is 0 Å². The molecule has 25 heavy (non-hydrogen) atoms. The smallest absolute Gasteiger partial charge is 0.303 e. The topological polar surface area (TPSA) is 70.0 Å². The number of fused-ring (bicyclic) bond motifs is 1. The number of carbonyl (C=O) groups excluding carboxylic acids is 1. The van der Waals surface area contributed by atoms with E-state index in [9.17, 15) is 14.7 Å². The molecule has 0 unspecified atom stereocenters. The molecule has 0 spiro atoms. The van der Waals surface area contributed by atoms with Gasteiger partial charge in [-0.15, -0.1) is 0 Å². The molecule has 0 bridgehead atoms. The number of benzene rings is 1. The van der Waals surface area contributed by atoms with Gasteiger partial charge in [0, 0.05) is 38.7 Å². The molecule has 5 heteroatoms. The lowest BCUT2D eigenvalue weighted by molar-refractivity contribution is -0.139. The van der Waals surface area contributed by atoms with Crippen molar-refractivity contribution in [2.45, 2.75) is 39.5 Å². The van der Waals surface area contributed by atoms with Crippen molar-refractivity contribution in [1.29, 1.82) is 0 Å². The molecule has 2 atom stereocenters. The fourth-order valence-corrected chi connectivity index (χ4v) is 4.09. The van der Waals surface area contributed by atoms with Crippen LogP contribution in [0.25, 0.3) is 0 Å². The van der Waals surface area contributed by atoms with Crippen LogP contribution in [0.2, 0.25) is 0 Å². The number of hydrogen-bond donors (Lipinski definition) is 1. The lowest BCUT2D eigenvalue weighted by atomic mass is 9.78. The standard InChI is InChI=1S/C20H26N2O3/c1-13-3-4-15-5-7-21-19(18(15)9-13)10-17-12-22(14(2)23)8-6-16(17)11-20(24)25/h3-4,9,16-17H,5-8,10-12H2,1-2H3,(H,24,25)/t16-,17-/m0/s1. The number of aliphatic imine (C=N–C) groups is 1. The van der Waals surface area contributed by atoms with E-state index in [0.29, 0.717) is 13.1 Å². The Bertz CT molecular complexity index is 711. The monoisotopic (exact) mass is 342 g/mol. The van der Waals surface area contributed by atoms with Crippen molar-refractivity contribution in [2.24, 2.45) is 16.8 Å². The van der Waals surface area contributed by atoms with Crippen molar-refractivity contribution >= 4 is 17.6 Å².